The smallest absolute Gasteiger partial charge is 0.262 e. The first kappa shape index (κ1) is 25.1. The maximum Gasteiger partial charge on any atom is 0.262 e. The molecule has 2 N–H and O–H groups in total. The van der Waals surface area contributed by atoms with E-state index in [-0.39, 0.29) is 24.5 Å². The Labute approximate surface area is 203 Å². The Bertz CT molecular complexity index is 1080. The molecule has 180 valence electrons. The fourth-order valence-corrected chi connectivity index (χ4v) is 4.00. The number of nitrogens with one attached hydrogen (secondary N) is 2. The minimum Gasteiger partial charge on any atom is -0.497 e. The Kier molecular flexibility index (Phi) is 8.89. The van der Waals surface area contributed by atoms with Gasteiger partial charge >= 0.3 is 0 Å². The third kappa shape index (κ3) is 6.72. The second-order valence-electron chi connectivity index (χ2n) is 7.68. The number of benzene rings is 2. The molecule has 1 aromatic heterocycles. The third-order valence-corrected chi connectivity index (χ3v) is 5.87. The predicted octanol–water partition coefficient (Wildman–Crippen LogP) is 3.82. The van der Waals surface area contributed by atoms with Gasteiger partial charge in [-0.3, -0.25) is 9.59 Å². The molecule has 2 aromatic carbocycles. The van der Waals surface area contributed by atoms with Crippen molar-refractivity contribution < 1.29 is 23.8 Å². The van der Waals surface area contributed by atoms with Gasteiger partial charge in [-0.05, 0) is 78.9 Å². The summed E-state index contributed by atoms with van der Waals surface area (Å²) in [6.07, 6.45) is 0. The second-order valence-corrected chi connectivity index (χ2v) is 8.46. The average Bonchev–Trinajstić information content (AvgIpc) is 3.37. The van der Waals surface area contributed by atoms with E-state index in [1.165, 1.54) is 7.11 Å². The zero-order valence-electron chi connectivity index (χ0n) is 19.7. The molecule has 9 heteroatoms. The molecule has 0 radical (unpaired) electrons. The zero-order chi connectivity index (χ0) is 24.5. The number of carbonyl (C=O) groups excluding carboxylic acids is 2. The Balaban J connectivity index is 1.57. The van der Waals surface area contributed by atoms with E-state index < -0.39 is 0 Å². The molecule has 34 heavy (non-hydrogen) atoms. The van der Waals surface area contributed by atoms with Crippen LogP contribution < -0.4 is 24.8 Å². The number of hydrogen-bond donors (Lipinski definition) is 2. The molecule has 1 unspecified atom stereocenters. The normalized spacial score (nSPS) is 11.6. The zero-order valence-corrected chi connectivity index (χ0v) is 20.5. The van der Waals surface area contributed by atoms with Crippen molar-refractivity contribution in [3.63, 3.8) is 0 Å². The number of hydrogen-bond acceptors (Lipinski definition) is 7. The van der Waals surface area contributed by atoms with Gasteiger partial charge in [0.05, 0.1) is 20.3 Å². The summed E-state index contributed by atoms with van der Waals surface area (Å²) in [7, 11) is 7.03. The van der Waals surface area contributed by atoms with Crippen LogP contribution in [0.4, 0.5) is 5.69 Å². The Hall–Kier alpha value is -3.56. The highest BCUT2D eigenvalue weighted by atomic mass is 32.1. The van der Waals surface area contributed by atoms with Gasteiger partial charge in [0, 0.05) is 17.8 Å². The van der Waals surface area contributed by atoms with E-state index >= 15 is 0 Å². The Morgan fingerprint density at radius 2 is 1.76 bits per heavy atom. The molecule has 8 nitrogen and oxygen atoms in total. The quantitative estimate of drug-likeness (QED) is 0.431. The van der Waals surface area contributed by atoms with Crippen molar-refractivity contribution in [2.45, 2.75) is 6.04 Å². The number of likely N-dealkylation sites (N-methyl/N-ethyl adjacent to an activating group) is 1. The lowest BCUT2D eigenvalue weighted by Gasteiger charge is -2.24. The molecule has 1 atom stereocenters. The van der Waals surface area contributed by atoms with Crippen molar-refractivity contribution in [2.75, 3.05) is 46.8 Å². The second kappa shape index (κ2) is 12.1. The largest absolute Gasteiger partial charge is 0.497 e. The van der Waals surface area contributed by atoms with Crippen molar-refractivity contribution in [2.24, 2.45) is 0 Å². The van der Waals surface area contributed by atoms with E-state index in [2.05, 4.69) is 27.0 Å². The van der Waals surface area contributed by atoms with Crippen LogP contribution in [0.15, 0.2) is 59.3 Å². The number of thiophene rings is 1. The molecule has 0 aliphatic rings. The van der Waals surface area contributed by atoms with E-state index in [1.807, 2.05) is 19.5 Å². The highest BCUT2D eigenvalue weighted by Crippen LogP contribution is 2.28. The van der Waals surface area contributed by atoms with E-state index in [0.29, 0.717) is 35.0 Å². The molecule has 0 aliphatic heterocycles. The number of ether oxygens (including phenoxy) is 3. The number of methoxy groups -OCH3 is 2. The third-order valence-electron chi connectivity index (χ3n) is 5.17. The molecule has 0 bridgehead atoms. The molecule has 0 spiro atoms. The van der Waals surface area contributed by atoms with Gasteiger partial charge in [0.15, 0.2) is 18.1 Å². The molecule has 3 aromatic rings. The van der Waals surface area contributed by atoms with Crippen LogP contribution in [-0.2, 0) is 4.79 Å². The lowest BCUT2D eigenvalue weighted by molar-refractivity contribution is -0.118. The number of rotatable bonds is 11. The van der Waals surface area contributed by atoms with Crippen LogP contribution >= 0.6 is 11.3 Å². The number of nitrogens with zero attached hydrogens (tertiary/aromatic N) is 1. The number of anilines is 1. The molecule has 0 saturated heterocycles. The van der Waals surface area contributed by atoms with Crippen molar-refractivity contribution in [3.05, 3.63) is 70.4 Å². The molecule has 3 rings (SSSR count). The Morgan fingerprint density at radius 3 is 2.38 bits per heavy atom. The lowest BCUT2D eigenvalue weighted by atomic mass is 10.1. The number of amides is 2. The number of carbonyl (C=O) groups is 2. The molecule has 0 fully saturated rings. The maximum absolute atomic E-state index is 12.7. The minimum absolute atomic E-state index is 0.0731. The summed E-state index contributed by atoms with van der Waals surface area (Å²) >= 11 is 1.63. The first-order valence-corrected chi connectivity index (χ1v) is 11.6. The molecule has 2 amide bonds. The van der Waals surface area contributed by atoms with E-state index in [4.69, 9.17) is 14.2 Å². The predicted molar refractivity (Wildman–Crippen MR) is 133 cm³/mol. The fraction of sp³-hybridized carbons (Fsp3) is 0.280. The summed E-state index contributed by atoms with van der Waals surface area (Å²) in [5.41, 5.74) is 2.23. The van der Waals surface area contributed by atoms with Crippen LogP contribution in [-0.4, -0.2) is 58.2 Å². The van der Waals surface area contributed by atoms with Crippen LogP contribution in [0.2, 0.25) is 0 Å². The molecule has 0 saturated carbocycles. The topological polar surface area (TPSA) is 89.1 Å². The van der Waals surface area contributed by atoms with Gasteiger partial charge in [0.25, 0.3) is 11.8 Å². The van der Waals surface area contributed by atoms with Crippen LogP contribution in [0.1, 0.15) is 22.0 Å². The van der Waals surface area contributed by atoms with Crippen molar-refractivity contribution in [1.82, 2.24) is 10.2 Å². The van der Waals surface area contributed by atoms with Crippen LogP contribution in [0.3, 0.4) is 0 Å². The molecular formula is C25H29N3O5S. The van der Waals surface area contributed by atoms with Crippen molar-refractivity contribution in [3.8, 4) is 17.2 Å². The van der Waals surface area contributed by atoms with Gasteiger partial charge in [0.2, 0.25) is 0 Å². The first-order valence-electron chi connectivity index (χ1n) is 10.6. The van der Waals surface area contributed by atoms with Gasteiger partial charge in [-0.1, -0.05) is 0 Å². The van der Waals surface area contributed by atoms with Gasteiger partial charge in [-0.15, -0.1) is 0 Å². The highest BCUT2D eigenvalue weighted by Gasteiger charge is 2.17. The minimum atomic E-state index is -0.322. The van der Waals surface area contributed by atoms with Gasteiger partial charge in [-0.2, -0.15) is 11.3 Å². The van der Waals surface area contributed by atoms with Crippen LogP contribution in [0.5, 0.6) is 17.2 Å². The van der Waals surface area contributed by atoms with E-state index in [9.17, 15) is 9.59 Å². The monoisotopic (exact) mass is 483 g/mol. The summed E-state index contributed by atoms with van der Waals surface area (Å²) < 4.78 is 16.1. The average molecular weight is 484 g/mol. The summed E-state index contributed by atoms with van der Waals surface area (Å²) in [4.78, 5) is 27.0. The Morgan fingerprint density at radius 1 is 1.00 bits per heavy atom. The molecule has 0 aliphatic carbocycles. The van der Waals surface area contributed by atoms with Crippen LogP contribution in [0.25, 0.3) is 0 Å². The van der Waals surface area contributed by atoms with Gasteiger partial charge in [-0.25, -0.2) is 0 Å². The summed E-state index contributed by atoms with van der Waals surface area (Å²) in [5.74, 6) is 0.897. The summed E-state index contributed by atoms with van der Waals surface area (Å²) in [6.45, 7) is 0.258. The first-order chi connectivity index (χ1) is 16.4. The standard InChI is InChI=1S/C25H29N3O5S/c1-28(2)21(18-11-12-34-16-18)14-26-25(30)17-5-10-22(23(13-17)32-4)33-15-24(29)27-19-6-8-20(31-3)9-7-19/h5-13,16,21H,14-15H2,1-4H3,(H,26,30)(H,27,29). The highest BCUT2D eigenvalue weighted by molar-refractivity contribution is 7.08. The molecular weight excluding hydrogens is 454 g/mol. The van der Waals surface area contributed by atoms with Crippen LogP contribution in [0, 0.1) is 0 Å². The summed E-state index contributed by atoms with van der Waals surface area (Å²) in [6, 6.07) is 14.0. The lowest BCUT2D eigenvalue weighted by Crippen LogP contribution is -2.34. The van der Waals surface area contributed by atoms with Gasteiger partial charge in [0.1, 0.15) is 5.75 Å². The van der Waals surface area contributed by atoms with Gasteiger partial charge < -0.3 is 29.7 Å². The van der Waals surface area contributed by atoms with E-state index in [0.717, 1.165) is 5.56 Å². The molecule has 1 heterocycles. The van der Waals surface area contributed by atoms with Crippen molar-refractivity contribution in [1.29, 1.82) is 0 Å². The fourth-order valence-electron chi connectivity index (χ4n) is 3.30. The van der Waals surface area contributed by atoms with E-state index in [1.54, 1.807) is 60.9 Å². The maximum atomic E-state index is 12.7. The SMILES string of the molecule is COc1ccc(NC(=O)COc2ccc(C(=O)NCC(c3ccsc3)N(C)C)cc2OC)cc1. The van der Waals surface area contributed by atoms with Crippen molar-refractivity contribution >= 4 is 28.8 Å². The summed E-state index contributed by atoms with van der Waals surface area (Å²) in [5, 5.41) is 9.83.